The molecule has 0 saturated heterocycles. The average Bonchev–Trinajstić information content (AvgIpc) is 2.35. The molecule has 9 heteroatoms. The Labute approximate surface area is 117 Å². The molecule has 0 aliphatic heterocycles. The van der Waals surface area contributed by atoms with E-state index in [1.54, 1.807) is 6.92 Å². The molecule has 0 radical (unpaired) electrons. The van der Waals surface area contributed by atoms with Gasteiger partial charge >= 0.3 is 0 Å². The lowest BCUT2D eigenvalue weighted by Crippen LogP contribution is -2.29. The van der Waals surface area contributed by atoms with Gasteiger partial charge in [0.2, 0.25) is 10.0 Å². The van der Waals surface area contributed by atoms with Gasteiger partial charge in [0.05, 0.1) is 15.9 Å². The number of nitrogens with zero attached hydrogens (tertiary/aromatic N) is 2. The van der Waals surface area contributed by atoms with Crippen molar-refractivity contribution in [2.75, 3.05) is 19.3 Å². The fourth-order valence-electron chi connectivity index (χ4n) is 1.51. The van der Waals surface area contributed by atoms with Gasteiger partial charge in [0, 0.05) is 19.7 Å². The first-order valence-electron chi connectivity index (χ1n) is 5.84. The van der Waals surface area contributed by atoms with Crippen LogP contribution in [-0.4, -0.2) is 42.4 Å². The summed E-state index contributed by atoms with van der Waals surface area (Å²) in [5, 5.41) is 19.9. The van der Waals surface area contributed by atoms with Crippen molar-refractivity contribution < 1.29 is 18.4 Å². The number of nitrogens with two attached hydrogens (primary N) is 1. The number of nitro groups is 1. The molecule has 0 fully saturated rings. The van der Waals surface area contributed by atoms with E-state index in [0.717, 1.165) is 10.4 Å². The standard InChI is InChI=1S/C11H17N3O5S/c1-8(15)5-6-13(2)20(18,19)9-3-4-10(12)11(7-9)14(16)17/h3-4,7-8,15H,5-6,12H2,1-2H3. The lowest BCUT2D eigenvalue weighted by atomic mass is 10.3. The molecule has 112 valence electrons. The van der Waals surface area contributed by atoms with Gasteiger partial charge < -0.3 is 10.8 Å². The van der Waals surface area contributed by atoms with Gasteiger partial charge in [-0.1, -0.05) is 0 Å². The van der Waals surface area contributed by atoms with Crippen LogP contribution in [0.25, 0.3) is 0 Å². The minimum Gasteiger partial charge on any atom is -0.393 e. The summed E-state index contributed by atoms with van der Waals surface area (Å²) in [6.07, 6.45) is -0.360. The van der Waals surface area contributed by atoms with Gasteiger partial charge in [-0.2, -0.15) is 0 Å². The zero-order chi connectivity index (χ0) is 15.5. The Kier molecular flexibility index (Phi) is 5.03. The van der Waals surface area contributed by atoms with E-state index in [2.05, 4.69) is 0 Å². The van der Waals surface area contributed by atoms with Gasteiger partial charge in [0.1, 0.15) is 5.69 Å². The van der Waals surface area contributed by atoms with Crippen molar-refractivity contribution in [2.24, 2.45) is 0 Å². The van der Waals surface area contributed by atoms with Crippen molar-refractivity contribution in [3.8, 4) is 0 Å². The van der Waals surface area contributed by atoms with E-state index in [4.69, 9.17) is 10.8 Å². The zero-order valence-electron chi connectivity index (χ0n) is 11.2. The molecule has 1 unspecified atom stereocenters. The number of benzene rings is 1. The Hall–Kier alpha value is -1.71. The van der Waals surface area contributed by atoms with E-state index in [-0.39, 0.29) is 23.5 Å². The van der Waals surface area contributed by atoms with Crippen molar-refractivity contribution in [3.63, 3.8) is 0 Å². The number of nitrogen functional groups attached to an aromatic ring is 1. The van der Waals surface area contributed by atoms with Gasteiger partial charge in [-0.3, -0.25) is 10.1 Å². The molecule has 20 heavy (non-hydrogen) atoms. The third-order valence-electron chi connectivity index (χ3n) is 2.77. The third kappa shape index (κ3) is 3.65. The summed E-state index contributed by atoms with van der Waals surface area (Å²) in [5.41, 5.74) is 4.88. The number of aliphatic hydroxyl groups is 1. The Balaban J connectivity index is 3.09. The van der Waals surface area contributed by atoms with Crippen LogP contribution >= 0.6 is 0 Å². The van der Waals surface area contributed by atoms with Crippen molar-refractivity contribution >= 4 is 21.4 Å². The molecule has 3 N–H and O–H groups in total. The van der Waals surface area contributed by atoms with Crippen LogP contribution in [0, 0.1) is 10.1 Å². The van der Waals surface area contributed by atoms with Gasteiger partial charge in [0.15, 0.2) is 0 Å². The van der Waals surface area contributed by atoms with Gasteiger partial charge in [-0.25, -0.2) is 12.7 Å². The topological polar surface area (TPSA) is 127 Å². The molecule has 0 amide bonds. The number of hydrogen-bond donors (Lipinski definition) is 2. The van der Waals surface area contributed by atoms with E-state index < -0.39 is 26.7 Å². The Morgan fingerprint density at radius 3 is 2.60 bits per heavy atom. The predicted molar refractivity (Wildman–Crippen MR) is 73.6 cm³/mol. The minimum atomic E-state index is -3.85. The zero-order valence-corrected chi connectivity index (χ0v) is 12.0. The first kappa shape index (κ1) is 16.3. The second-order valence-corrected chi connectivity index (χ2v) is 6.49. The molecular weight excluding hydrogens is 286 g/mol. The van der Waals surface area contributed by atoms with Crippen molar-refractivity contribution in [1.82, 2.24) is 4.31 Å². The van der Waals surface area contributed by atoms with Gasteiger partial charge in [0.25, 0.3) is 5.69 Å². The summed E-state index contributed by atoms with van der Waals surface area (Å²) in [4.78, 5) is 9.84. The molecule has 1 rings (SSSR count). The fourth-order valence-corrected chi connectivity index (χ4v) is 2.72. The molecule has 1 aromatic carbocycles. The molecule has 0 aromatic heterocycles. The van der Waals surface area contributed by atoms with Gasteiger partial charge in [-0.15, -0.1) is 0 Å². The molecule has 0 heterocycles. The summed E-state index contributed by atoms with van der Waals surface area (Å²) < 4.78 is 25.5. The van der Waals surface area contributed by atoms with E-state index in [1.807, 2.05) is 0 Å². The number of aliphatic hydroxyl groups excluding tert-OH is 1. The Morgan fingerprint density at radius 2 is 2.10 bits per heavy atom. The first-order chi connectivity index (χ1) is 9.16. The van der Waals surface area contributed by atoms with Crippen molar-refractivity contribution in [3.05, 3.63) is 28.3 Å². The summed E-state index contributed by atoms with van der Waals surface area (Å²) >= 11 is 0. The largest absolute Gasteiger partial charge is 0.393 e. The van der Waals surface area contributed by atoms with E-state index in [9.17, 15) is 18.5 Å². The third-order valence-corrected chi connectivity index (χ3v) is 4.62. The highest BCUT2D eigenvalue weighted by Crippen LogP contribution is 2.26. The second kappa shape index (κ2) is 6.16. The van der Waals surface area contributed by atoms with Crippen LogP contribution in [-0.2, 0) is 10.0 Å². The highest BCUT2D eigenvalue weighted by Gasteiger charge is 2.24. The SMILES string of the molecule is CC(O)CCN(C)S(=O)(=O)c1ccc(N)c([N+](=O)[O-])c1. The number of rotatable bonds is 6. The molecule has 8 nitrogen and oxygen atoms in total. The lowest BCUT2D eigenvalue weighted by Gasteiger charge is -2.18. The van der Waals surface area contributed by atoms with Crippen LogP contribution in [0.3, 0.4) is 0 Å². The maximum atomic E-state index is 12.2. The van der Waals surface area contributed by atoms with Crippen LogP contribution in [0.4, 0.5) is 11.4 Å². The monoisotopic (exact) mass is 303 g/mol. The normalized spacial score (nSPS) is 13.4. The molecule has 0 aliphatic rings. The minimum absolute atomic E-state index is 0.0967. The van der Waals surface area contributed by atoms with Crippen molar-refractivity contribution in [1.29, 1.82) is 0 Å². The lowest BCUT2D eigenvalue weighted by molar-refractivity contribution is -0.384. The second-order valence-electron chi connectivity index (χ2n) is 4.44. The molecule has 1 aromatic rings. The Morgan fingerprint density at radius 1 is 1.50 bits per heavy atom. The van der Waals surface area contributed by atoms with Crippen LogP contribution in [0.5, 0.6) is 0 Å². The quantitative estimate of drug-likeness (QED) is 0.449. The average molecular weight is 303 g/mol. The summed E-state index contributed by atoms with van der Waals surface area (Å²) in [7, 11) is -2.50. The highest BCUT2D eigenvalue weighted by molar-refractivity contribution is 7.89. The maximum absolute atomic E-state index is 12.2. The van der Waals surface area contributed by atoms with Crippen LogP contribution in [0.2, 0.25) is 0 Å². The molecule has 0 bridgehead atoms. The molecule has 0 saturated carbocycles. The smallest absolute Gasteiger partial charge is 0.293 e. The summed E-state index contributed by atoms with van der Waals surface area (Å²) in [5.74, 6) is 0. The number of sulfonamides is 1. The molecule has 1 atom stereocenters. The fraction of sp³-hybridized carbons (Fsp3) is 0.455. The van der Waals surface area contributed by atoms with Crippen LogP contribution in [0.1, 0.15) is 13.3 Å². The highest BCUT2D eigenvalue weighted by atomic mass is 32.2. The van der Waals surface area contributed by atoms with E-state index in [0.29, 0.717) is 0 Å². The number of anilines is 1. The van der Waals surface area contributed by atoms with Crippen LogP contribution in [0.15, 0.2) is 23.1 Å². The van der Waals surface area contributed by atoms with E-state index >= 15 is 0 Å². The summed E-state index contributed by atoms with van der Waals surface area (Å²) in [6.45, 7) is 1.66. The molecule has 0 aliphatic carbocycles. The summed E-state index contributed by atoms with van der Waals surface area (Å²) in [6, 6.07) is 3.34. The number of hydrogen-bond acceptors (Lipinski definition) is 6. The van der Waals surface area contributed by atoms with E-state index in [1.165, 1.54) is 19.2 Å². The number of nitro benzene ring substituents is 1. The molecule has 0 spiro atoms. The molecular formula is C11H17N3O5S. The van der Waals surface area contributed by atoms with Gasteiger partial charge in [-0.05, 0) is 25.5 Å². The van der Waals surface area contributed by atoms with Crippen molar-refractivity contribution in [2.45, 2.75) is 24.3 Å². The first-order valence-corrected chi connectivity index (χ1v) is 7.28. The predicted octanol–water partition coefficient (Wildman–Crippen LogP) is 0.568. The Bertz CT molecular complexity index is 600. The maximum Gasteiger partial charge on any atom is 0.293 e. The van der Waals surface area contributed by atoms with Crippen LogP contribution < -0.4 is 5.73 Å².